The summed E-state index contributed by atoms with van der Waals surface area (Å²) in [6.45, 7) is 5.92. The van der Waals surface area contributed by atoms with E-state index in [9.17, 15) is 4.79 Å². The van der Waals surface area contributed by atoms with Crippen molar-refractivity contribution in [2.75, 3.05) is 7.11 Å². The Bertz CT molecular complexity index is 948. The largest absolute Gasteiger partial charge is 0.493 e. The molecule has 0 amide bonds. The molecule has 0 fully saturated rings. The van der Waals surface area contributed by atoms with Crippen LogP contribution in [0.3, 0.4) is 0 Å². The summed E-state index contributed by atoms with van der Waals surface area (Å²) in [5.74, 6) is 1.02. The van der Waals surface area contributed by atoms with Gasteiger partial charge in [-0.15, -0.1) is 0 Å². The summed E-state index contributed by atoms with van der Waals surface area (Å²) in [6.07, 6.45) is 4.90. The van der Waals surface area contributed by atoms with Crippen molar-refractivity contribution in [2.45, 2.75) is 26.4 Å². The third-order valence-electron chi connectivity index (χ3n) is 3.96. The third kappa shape index (κ3) is 2.82. The number of ether oxygens (including phenoxy) is 2. The smallest absolute Gasteiger partial charge is 0.258 e. The maximum Gasteiger partial charge on any atom is 0.258 e. The van der Waals surface area contributed by atoms with Gasteiger partial charge in [0.2, 0.25) is 0 Å². The fourth-order valence-corrected chi connectivity index (χ4v) is 2.79. The first kappa shape index (κ1) is 16.0. The second-order valence-electron chi connectivity index (χ2n) is 6.05. The molecule has 0 radical (unpaired) electrons. The number of methoxy groups -OCH3 is 1. The molecule has 24 heavy (non-hydrogen) atoms. The van der Waals surface area contributed by atoms with Crippen LogP contribution < -0.4 is 15.0 Å². The van der Waals surface area contributed by atoms with Gasteiger partial charge in [-0.3, -0.25) is 9.78 Å². The molecule has 0 aliphatic heterocycles. The minimum Gasteiger partial charge on any atom is -0.493 e. The van der Waals surface area contributed by atoms with Gasteiger partial charge in [-0.2, -0.15) is 0 Å². The van der Waals surface area contributed by atoms with Crippen LogP contribution in [0.15, 0.2) is 41.7 Å². The number of rotatable bonds is 4. The second kappa shape index (κ2) is 5.96. The fraction of sp³-hybridized carbons (Fsp3) is 0.278. The highest BCUT2D eigenvalue weighted by atomic mass is 16.5. The topological polar surface area (TPSA) is 77.1 Å². The molecule has 2 aromatic heterocycles. The number of nitrogens with zero attached hydrogens (tertiary/aromatic N) is 2. The molecule has 3 aromatic rings. The molecule has 0 aliphatic carbocycles. The first-order chi connectivity index (χ1) is 11.4. The van der Waals surface area contributed by atoms with E-state index in [1.165, 1.54) is 6.33 Å². The van der Waals surface area contributed by atoms with Crippen molar-refractivity contribution >= 4 is 10.9 Å². The maximum absolute atomic E-state index is 12.0. The average molecular weight is 325 g/mol. The Kier molecular flexibility index (Phi) is 3.97. The Hall–Kier alpha value is -2.89. The number of fused-ring (bicyclic) bond motifs is 1. The van der Waals surface area contributed by atoms with Crippen molar-refractivity contribution in [1.29, 1.82) is 0 Å². The summed E-state index contributed by atoms with van der Waals surface area (Å²) in [6, 6.07) is 5.30. The maximum atomic E-state index is 12.0. The summed E-state index contributed by atoms with van der Waals surface area (Å²) in [4.78, 5) is 22.9. The average Bonchev–Trinajstić information content (AvgIpc) is 2.55. The first-order valence-electron chi connectivity index (χ1n) is 7.58. The number of pyridine rings is 1. The van der Waals surface area contributed by atoms with E-state index in [0.29, 0.717) is 22.4 Å². The van der Waals surface area contributed by atoms with Gasteiger partial charge in [-0.1, -0.05) is 0 Å². The lowest BCUT2D eigenvalue weighted by molar-refractivity contribution is 0.103. The molecule has 2 heterocycles. The van der Waals surface area contributed by atoms with E-state index in [0.717, 1.165) is 11.1 Å². The second-order valence-corrected chi connectivity index (χ2v) is 6.05. The summed E-state index contributed by atoms with van der Waals surface area (Å²) >= 11 is 0. The minimum absolute atomic E-state index is 0.217. The van der Waals surface area contributed by atoms with Crippen LogP contribution in [0, 0.1) is 6.92 Å². The molecular formula is C18H19N3O3. The van der Waals surface area contributed by atoms with E-state index in [2.05, 4.69) is 15.0 Å². The fourth-order valence-electron chi connectivity index (χ4n) is 2.79. The lowest BCUT2D eigenvalue weighted by Gasteiger charge is -2.29. The van der Waals surface area contributed by atoms with Crippen LogP contribution in [-0.4, -0.2) is 22.1 Å². The van der Waals surface area contributed by atoms with Crippen molar-refractivity contribution in [3.05, 3.63) is 58.4 Å². The van der Waals surface area contributed by atoms with Crippen LogP contribution in [-0.2, 0) is 5.60 Å². The monoisotopic (exact) mass is 325 g/mol. The van der Waals surface area contributed by atoms with Gasteiger partial charge in [-0.25, -0.2) is 4.98 Å². The lowest BCUT2D eigenvalue weighted by atomic mass is 9.95. The molecule has 1 N–H and O–H groups in total. The van der Waals surface area contributed by atoms with E-state index in [4.69, 9.17) is 9.47 Å². The van der Waals surface area contributed by atoms with Gasteiger partial charge >= 0.3 is 0 Å². The van der Waals surface area contributed by atoms with Crippen LogP contribution in [0.5, 0.6) is 11.5 Å². The standard InChI is InChI=1S/C18H19N3O3/c1-11-9-19-6-5-13(11)18(2,3)24-16-7-12-14(8-15(16)23-4)20-10-21-17(12)22/h5-10H,1-4H3,(H,20,21,22). The number of benzene rings is 1. The number of hydrogen-bond donors (Lipinski definition) is 1. The Labute approximate surface area is 139 Å². The highest BCUT2D eigenvalue weighted by Gasteiger charge is 2.26. The molecule has 124 valence electrons. The quantitative estimate of drug-likeness (QED) is 0.798. The predicted molar refractivity (Wildman–Crippen MR) is 91.5 cm³/mol. The van der Waals surface area contributed by atoms with Crippen LogP contribution in [0.2, 0.25) is 0 Å². The van der Waals surface area contributed by atoms with Crippen molar-refractivity contribution in [2.24, 2.45) is 0 Å². The Balaban J connectivity index is 2.10. The number of aryl methyl sites for hydroxylation is 1. The van der Waals surface area contributed by atoms with E-state index in [-0.39, 0.29) is 5.56 Å². The zero-order valence-corrected chi connectivity index (χ0v) is 14.1. The predicted octanol–water partition coefficient (Wildman–Crippen LogP) is 2.95. The first-order valence-corrected chi connectivity index (χ1v) is 7.58. The lowest BCUT2D eigenvalue weighted by Crippen LogP contribution is -2.26. The SMILES string of the molecule is COc1cc2nc[nH]c(=O)c2cc1OC(C)(C)c1ccncc1C. The Morgan fingerprint density at radius 3 is 2.71 bits per heavy atom. The number of nitrogens with one attached hydrogen (secondary N) is 1. The van der Waals surface area contributed by atoms with Crippen LogP contribution in [0.25, 0.3) is 10.9 Å². The minimum atomic E-state index is -0.622. The molecule has 0 aliphatic rings. The Morgan fingerprint density at radius 1 is 1.21 bits per heavy atom. The Morgan fingerprint density at radius 2 is 2.00 bits per heavy atom. The van der Waals surface area contributed by atoms with Crippen molar-refractivity contribution in [3.8, 4) is 11.5 Å². The van der Waals surface area contributed by atoms with E-state index in [1.54, 1.807) is 31.6 Å². The zero-order chi connectivity index (χ0) is 17.3. The molecule has 0 bridgehead atoms. The molecule has 0 spiro atoms. The van der Waals surface area contributed by atoms with Gasteiger partial charge in [0.15, 0.2) is 11.5 Å². The molecule has 0 unspecified atom stereocenters. The van der Waals surface area contributed by atoms with Gasteiger partial charge in [0, 0.05) is 24.0 Å². The number of H-pyrrole nitrogens is 1. The van der Waals surface area contributed by atoms with Gasteiger partial charge in [0.1, 0.15) is 5.60 Å². The summed E-state index contributed by atoms with van der Waals surface area (Å²) in [5.41, 5.74) is 1.76. The third-order valence-corrected chi connectivity index (χ3v) is 3.96. The van der Waals surface area contributed by atoms with Crippen LogP contribution in [0.1, 0.15) is 25.0 Å². The molecule has 6 heteroatoms. The number of aromatic amines is 1. The van der Waals surface area contributed by atoms with Crippen LogP contribution >= 0.6 is 0 Å². The molecule has 0 atom stereocenters. The van der Waals surface area contributed by atoms with Crippen molar-refractivity contribution in [3.63, 3.8) is 0 Å². The van der Waals surface area contributed by atoms with Crippen molar-refractivity contribution < 1.29 is 9.47 Å². The molecule has 0 saturated heterocycles. The molecule has 0 saturated carbocycles. The van der Waals surface area contributed by atoms with Gasteiger partial charge in [0.05, 0.1) is 24.3 Å². The number of hydrogen-bond acceptors (Lipinski definition) is 5. The molecular weight excluding hydrogens is 306 g/mol. The van der Waals surface area contributed by atoms with E-state index >= 15 is 0 Å². The van der Waals surface area contributed by atoms with Crippen LogP contribution in [0.4, 0.5) is 0 Å². The van der Waals surface area contributed by atoms with E-state index < -0.39 is 5.60 Å². The summed E-state index contributed by atoms with van der Waals surface area (Å²) < 4.78 is 11.6. The van der Waals surface area contributed by atoms with Gasteiger partial charge < -0.3 is 14.5 Å². The highest BCUT2D eigenvalue weighted by molar-refractivity contribution is 5.81. The van der Waals surface area contributed by atoms with Gasteiger partial charge in [-0.05, 0) is 38.5 Å². The molecule has 3 rings (SSSR count). The number of aromatic nitrogens is 3. The zero-order valence-electron chi connectivity index (χ0n) is 14.1. The molecule has 1 aromatic carbocycles. The van der Waals surface area contributed by atoms with E-state index in [1.807, 2.05) is 26.8 Å². The molecule has 6 nitrogen and oxygen atoms in total. The van der Waals surface area contributed by atoms with Gasteiger partial charge in [0.25, 0.3) is 5.56 Å². The summed E-state index contributed by atoms with van der Waals surface area (Å²) in [7, 11) is 1.56. The normalized spacial score (nSPS) is 11.5. The summed E-state index contributed by atoms with van der Waals surface area (Å²) in [5, 5.41) is 0.454. The van der Waals surface area contributed by atoms with Crippen molar-refractivity contribution in [1.82, 2.24) is 15.0 Å². The highest BCUT2D eigenvalue weighted by Crippen LogP contribution is 2.36.